The van der Waals surface area contributed by atoms with Crippen molar-refractivity contribution in [2.75, 3.05) is 10.6 Å². The summed E-state index contributed by atoms with van der Waals surface area (Å²) in [6, 6.07) is 42.7. The third-order valence-electron chi connectivity index (χ3n) is 6.63. The van der Waals surface area contributed by atoms with Gasteiger partial charge in [0.2, 0.25) is 0 Å². The van der Waals surface area contributed by atoms with Gasteiger partial charge in [0.25, 0.3) is 0 Å². The van der Waals surface area contributed by atoms with Gasteiger partial charge in [-0.25, -0.2) is 0 Å². The molecule has 0 radical (unpaired) electrons. The minimum Gasteiger partial charge on any atom is -0.353 e. The molecule has 4 N–H and O–H groups in total. The molecule has 0 spiro atoms. The molecule has 40 heavy (non-hydrogen) atoms. The highest BCUT2D eigenvalue weighted by atomic mass is 16.2. The Labute approximate surface area is 231 Å². The first-order chi connectivity index (χ1) is 19.7. The van der Waals surface area contributed by atoms with Gasteiger partial charge in [-0.05, 0) is 23.3 Å². The Bertz CT molecular complexity index is 1620. The van der Waals surface area contributed by atoms with Crippen molar-refractivity contribution in [3.05, 3.63) is 133 Å². The summed E-state index contributed by atoms with van der Waals surface area (Å²) in [4.78, 5) is 33.3. The van der Waals surface area contributed by atoms with Gasteiger partial charge in [-0.2, -0.15) is 0 Å². The lowest BCUT2D eigenvalue weighted by Crippen LogP contribution is -2.29. The third-order valence-corrected chi connectivity index (χ3v) is 6.63. The molecule has 2 aromatic heterocycles. The third kappa shape index (κ3) is 5.19. The Morgan fingerprint density at radius 3 is 1.05 bits per heavy atom. The molecule has 194 valence electrons. The average Bonchev–Trinajstić information content (AvgIpc) is 3.64. The number of amides is 2. The van der Waals surface area contributed by atoms with Crippen LogP contribution in [0.4, 0.5) is 11.4 Å². The number of hydrogen-bond acceptors (Lipinski definition) is 2. The fourth-order valence-electron chi connectivity index (χ4n) is 4.68. The Hall–Kier alpha value is -5.62. The number of anilines is 2. The van der Waals surface area contributed by atoms with Crippen molar-refractivity contribution >= 4 is 23.2 Å². The molecule has 2 amide bonds. The van der Waals surface area contributed by atoms with Crippen LogP contribution in [0.2, 0.25) is 0 Å². The largest absolute Gasteiger partial charge is 0.353 e. The van der Waals surface area contributed by atoms with Crippen LogP contribution in [0.25, 0.3) is 45.0 Å². The number of H-pyrrole nitrogens is 2. The predicted octanol–water partition coefficient (Wildman–Crippen LogP) is 7.59. The molecule has 6 nitrogen and oxygen atoms in total. The first kappa shape index (κ1) is 24.7. The van der Waals surface area contributed by atoms with Gasteiger partial charge in [0, 0.05) is 22.5 Å². The number of carbonyl (C=O) groups excluding carboxylic acids is 2. The number of nitrogens with one attached hydrogen (secondary N) is 4. The van der Waals surface area contributed by atoms with Crippen molar-refractivity contribution in [1.29, 1.82) is 0 Å². The van der Waals surface area contributed by atoms with E-state index in [4.69, 9.17) is 0 Å². The second kappa shape index (κ2) is 11.0. The predicted molar refractivity (Wildman–Crippen MR) is 161 cm³/mol. The van der Waals surface area contributed by atoms with Crippen LogP contribution in [0.3, 0.4) is 0 Å². The van der Waals surface area contributed by atoms with E-state index in [1.165, 1.54) is 0 Å². The maximum absolute atomic E-state index is 13.2. The molecule has 0 saturated carbocycles. The summed E-state index contributed by atoms with van der Waals surface area (Å²) in [5.74, 6) is -1.53. The van der Waals surface area contributed by atoms with E-state index < -0.39 is 11.8 Å². The fourth-order valence-corrected chi connectivity index (χ4v) is 4.68. The van der Waals surface area contributed by atoms with E-state index >= 15 is 0 Å². The number of aromatic amines is 2. The summed E-state index contributed by atoms with van der Waals surface area (Å²) in [6.45, 7) is 0. The summed E-state index contributed by atoms with van der Waals surface area (Å²) in [5, 5.41) is 5.65. The van der Waals surface area contributed by atoms with Gasteiger partial charge in [0.05, 0.1) is 22.8 Å². The number of benzene rings is 4. The number of carbonyl (C=O) groups is 2. The van der Waals surface area contributed by atoms with E-state index in [0.717, 1.165) is 45.0 Å². The molecular weight excluding hydrogens is 496 g/mol. The molecule has 6 aromatic rings. The second-order valence-corrected chi connectivity index (χ2v) is 9.32. The molecule has 6 rings (SSSR count). The monoisotopic (exact) mass is 522 g/mol. The Kier molecular flexibility index (Phi) is 6.80. The molecular formula is C34H26N4O2. The topological polar surface area (TPSA) is 89.8 Å². The normalized spacial score (nSPS) is 10.7. The van der Waals surface area contributed by atoms with Gasteiger partial charge in [-0.1, -0.05) is 121 Å². The van der Waals surface area contributed by atoms with Crippen molar-refractivity contribution < 1.29 is 9.59 Å². The van der Waals surface area contributed by atoms with Crippen molar-refractivity contribution in [3.63, 3.8) is 0 Å². The van der Waals surface area contributed by atoms with Gasteiger partial charge in [-0.3, -0.25) is 9.59 Å². The van der Waals surface area contributed by atoms with Crippen LogP contribution in [0.15, 0.2) is 133 Å². The highest BCUT2D eigenvalue weighted by molar-refractivity contribution is 6.44. The van der Waals surface area contributed by atoms with E-state index in [0.29, 0.717) is 11.4 Å². The summed E-state index contributed by atoms with van der Waals surface area (Å²) >= 11 is 0. The molecule has 2 heterocycles. The summed E-state index contributed by atoms with van der Waals surface area (Å²) in [7, 11) is 0. The van der Waals surface area contributed by atoms with Crippen molar-refractivity contribution in [3.8, 4) is 45.0 Å². The lowest BCUT2D eigenvalue weighted by Gasteiger charge is -2.08. The van der Waals surface area contributed by atoms with E-state index in [1.54, 1.807) is 0 Å². The molecule has 0 fully saturated rings. The minimum atomic E-state index is -0.766. The Morgan fingerprint density at radius 1 is 0.425 bits per heavy atom. The zero-order valence-electron chi connectivity index (χ0n) is 21.5. The summed E-state index contributed by atoms with van der Waals surface area (Å²) in [5.41, 5.74) is 7.88. The maximum atomic E-state index is 13.2. The highest BCUT2D eigenvalue weighted by Crippen LogP contribution is 2.34. The maximum Gasteiger partial charge on any atom is 0.314 e. The molecule has 0 saturated heterocycles. The number of aromatic nitrogens is 2. The zero-order chi connectivity index (χ0) is 27.3. The standard InChI is InChI=1S/C34H26N4O2/c39-33(37-29-21-27(23-13-5-1-6-14-23)35-31(29)25-17-9-3-10-18-25)34(40)38-30-22-28(24-15-7-2-8-16-24)36-32(30)26-19-11-4-12-20-26/h1-22,35-36H,(H,37,39)(H,38,40). The molecule has 0 unspecified atom stereocenters. The molecule has 0 aliphatic rings. The number of rotatable bonds is 6. The molecule has 0 aliphatic carbocycles. The van der Waals surface area contributed by atoms with E-state index in [1.807, 2.05) is 133 Å². The van der Waals surface area contributed by atoms with Crippen LogP contribution in [0.1, 0.15) is 0 Å². The van der Waals surface area contributed by atoms with Gasteiger partial charge >= 0.3 is 11.8 Å². The zero-order valence-corrected chi connectivity index (χ0v) is 21.5. The molecule has 4 aromatic carbocycles. The minimum absolute atomic E-state index is 0.521. The van der Waals surface area contributed by atoms with E-state index in [-0.39, 0.29) is 0 Å². The van der Waals surface area contributed by atoms with E-state index in [2.05, 4.69) is 20.6 Å². The van der Waals surface area contributed by atoms with E-state index in [9.17, 15) is 9.59 Å². The van der Waals surface area contributed by atoms with Crippen LogP contribution in [-0.2, 0) is 9.59 Å². The Morgan fingerprint density at radius 2 is 0.725 bits per heavy atom. The Balaban J connectivity index is 1.30. The lowest BCUT2D eigenvalue weighted by atomic mass is 10.1. The molecule has 0 atom stereocenters. The van der Waals surface area contributed by atoms with Crippen LogP contribution < -0.4 is 10.6 Å². The lowest BCUT2D eigenvalue weighted by molar-refractivity contribution is -0.132. The van der Waals surface area contributed by atoms with Crippen molar-refractivity contribution in [2.45, 2.75) is 0 Å². The fraction of sp³-hybridized carbons (Fsp3) is 0. The highest BCUT2D eigenvalue weighted by Gasteiger charge is 2.21. The van der Waals surface area contributed by atoms with Crippen LogP contribution >= 0.6 is 0 Å². The average molecular weight is 523 g/mol. The first-order valence-electron chi connectivity index (χ1n) is 13.0. The van der Waals surface area contributed by atoms with Gasteiger partial charge in [0.1, 0.15) is 0 Å². The van der Waals surface area contributed by atoms with Gasteiger partial charge in [-0.15, -0.1) is 0 Å². The van der Waals surface area contributed by atoms with Crippen molar-refractivity contribution in [1.82, 2.24) is 9.97 Å². The van der Waals surface area contributed by atoms with Crippen LogP contribution in [-0.4, -0.2) is 21.8 Å². The molecule has 0 bridgehead atoms. The SMILES string of the molecule is O=C(Nc1cc(-c2ccccc2)[nH]c1-c1ccccc1)C(=O)Nc1cc(-c2ccccc2)[nH]c1-c1ccccc1. The van der Waals surface area contributed by atoms with Gasteiger partial charge < -0.3 is 20.6 Å². The summed E-state index contributed by atoms with van der Waals surface area (Å²) in [6.07, 6.45) is 0. The van der Waals surface area contributed by atoms with Gasteiger partial charge in [0.15, 0.2) is 0 Å². The second-order valence-electron chi connectivity index (χ2n) is 9.32. The van der Waals surface area contributed by atoms with Crippen molar-refractivity contribution in [2.24, 2.45) is 0 Å². The quantitative estimate of drug-likeness (QED) is 0.170. The van der Waals surface area contributed by atoms with Crippen LogP contribution in [0, 0.1) is 0 Å². The first-order valence-corrected chi connectivity index (χ1v) is 13.0. The molecule has 0 aliphatic heterocycles. The molecule has 6 heteroatoms. The number of hydrogen-bond donors (Lipinski definition) is 4. The summed E-state index contributed by atoms with van der Waals surface area (Å²) < 4.78 is 0. The van der Waals surface area contributed by atoms with Crippen LogP contribution in [0.5, 0.6) is 0 Å². The smallest absolute Gasteiger partial charge is 0.314 e.